The summed E-state index contributed by atoms with van der Waals surface area (Å²) in [6.45, 7) is 3.14. The second-order valence-electron chi connectivity index (χ2n) is 9.78. The third-order valence-corrected chi connectivity index (χ3v) is 6.97. The van der Waals surface area contributed by atoms with Gasteiger partial charge in [-0.3, -0.25) is 9.99 Å². The highest BCUT2D eigenvalue weighted by atomic mass is 35.5. The lowest BCUT2D eigenvalue weighted by atomic mass is 9.98. The third kappa shape index (κ3) is 4.28. The number of fused-ring (bicyclic) bond motifs is 1. The van der Waals surface area contributed by atoms with Gasteiger partial charge in [0.2, 0.25) is 0 Å². The molecule has 1 atom stereocenters. The van der Waals surface area contributed by atoms with Gasteiger partial charge in [0.1, 0.15) is 11.9 Å². The van der Waals surface area contributed by atoms with Crippen molar-refractivity contribution in [3.63, 3.8) is 0 Å². The monoisotopic (exact) mass is 505 g/mol. The van der Waals surface area contributed by atoms with E-state index in [-0.39, 0.29) is 17.4 Å². The van der Waals surface area contributed by atoms with Gasteiger partial charge in [0, 0.05) is 29.5 Å². The van der Waals surface area contributed by atoms with Crippen molar-refractivity contribution in [2.24, 2.45) is 0 Å². The van der Waals surface area contributed by atoms with Crippen molar-refractivity contribution in [1.29, 1.82) is 5.26 Å². The van der Waals surface area contributed by atoms with Gasteiger partial charge in [0.05, 0.1) is 52.3 Å². The number of nitrogens with one attached hydrogen (secondary N) is 4. The molecule has 2 fully saturated rings. The number of anilines is 2. The molecule has 3 aromatic rings. The molecular formula is C26H25ClFN7O. The number of nitriles is 1. The topological polar surface area (TPSA) is 97.3 Å². The van der Waals surface area contributed by atoms with Gasteiger partial charge in [-0.15, -0.1) is 5.53 Å². The number of pyridine rings is 1. The predicted molar refractivity (Wildman–Crippen MR) is 136 cm³/mol. The lowest BCUT2D eigenvalue weighted by molar-refractivity contribution is -0.0317. The highest BCUT2D eigenvalue weighted by Crippen LogP contribution is 2.38. The zero-order valence-electron chi connectivity index (χ0n) is 19.6. The van der Waals surface area contributed by atoms with E-state index in [1.54, 1.807) is 18.3 Å². The van der Waals surface area contributed by atoms with Crippen LogP contribution in [-0.4, -0.2) is 34.8 Å². The standard InChI is InChI=1S/C26H25ClFN7O/c1-26(13-36-14-26)32-23-16(10-29)11-30-25-20(23)8-18(9-21(25)27)31-24(15-2-4-17(28)5-3-15)22-12-35(34-33-22)19-6-7-19/h2-5,8-9,11-12,19,24,31,33-34H,6-7,13-14H2,1H3,(H,30,32). The highest BCUT2D eigenvalue weighted by molar-refractivity contribution is 6.35. The van der Waals surface area contributed by atoms with Crippen LogP contribution in [0.3, 0.4) is 0 Å². The summed E-state index contributed by atoms with van der Waals surface area (Å²) >= 11 is 6.69. The summed E-state index contributed by atoms with van der Waals surface area (Å²) in [4.78, 5) is 4.45. The van der Waals surface area contributed by atoms with Gasteiger partial charge in [0.15, 0.2) is 0 Å². The molecule has 3 aliphatic rings. The molecule has 184 valence electrons. The van der Waals surface area contributed by atoms with E-state index >= 15 is 0 Å². The van der Waals surface area contributed by atoms with Crippen molar-refractivity contribution >= 4 is 33.9 Å². The van der Waals surface area contributed by atoms with E-state index in [9.17, 15) is 9.65 Å². The average molecular weight is 506 g/mol. The largest absolute Gasteiger partial charge is 0.376 e. The summed E-state index contributed by atoms with van der Waals surface area (Å²) in [6.07, 6.45) is 5.86. The second-order valence-corrected chi connectivity index (χ2v) is 10.2. The maximum absolute atomic E-state index is 13.7. The molecule has 1 saturated carbocycles. The molecule has 8 nitrogen and oxygen atoms in total. The summed E-state index contributed by atoms with van der Waals surface area (Å²) in [5.41, 5.74) is 10.4. The van der Waals surface area contributed by atoms with E-state index in [0.717, 1.165) is 35.2 Å². The fourth-order valence-electron chi connectivity index (χ4n) is 4.55. The molecule has 36 heavy (non-hydrogen) atoms. The fraction of sp³-hybridized carbons (Fsp3) is 0.308. The summed E-state index contributed by atoms with van der Waals surface area (Å²) in [5.74, 6) is -0.295. The Hall–Kier alpha value is -3.58. The van der Waals surface area contributed by atoms with Gasteiger partial charge in [-0.2, -0.15) is 5.26 Å². The SMILES string of the molecule is CC1(Nc2c(C#N)cnc3c(Cl)cc(NC(C4=CN(C5CC5)NN4)c4ccc(F)cc4)cc23)COC1. The second kappa shape index (κ2) is 8.82. The van der Waals surface area contributed by atoms with Gasteiger partial charge in [-0.1, -0.05) is 23.7 Å². The molecule has 3 heterocycles. The van der Waals surface area contributed by atoms with Crippen LogP contribution >= 0.6 is 11.6 Å². The minimum atomic E-state index is -0.309. The van der Waals surface area contributed by atoms with Crippen LogP contribution in [-0.2, 0) is 4.74 Å². The van der Waals surface area contributed by atoms with Crippen LogP contribution in [0.2, 0.25) is 5.02 Å². The number of nitrogens with zero attached hydrogens (tertiary/aromatic N) is 3. The van der Waals surface area contributed by atoms with Crippen molar-refractivity contribution in [3.8, 4) is 6.07 Å². The Bertz CT molecular complexity index is 1400. The normalized spacial score (nSPS) is 19.2. The van der Waals surface area contributed by atoms with E-state index in [0.29, 0.717) is 41.0 Å². The molecular weight excluding hydrogens is 481 g/mol. The maximum Gasteiger partial charge on any atom is 0.123 e. The Labute approximate surface area is 213 Å². The summed E-state index contributed by atoms with van der Waals surface area (Å²) in [6, 6.07) is 12.6. The predicted octanol–water partition coefficient (Wildman–Crippen LogP) is 4.58. The van der Waals surface area contributed by atoms with Crippen LogP contribution in [0.4, 0.5) is 15.8 Å². The molecule has 2 aromatic carbocycles. The third-order valence-electron chi connectivity index (χ3n) is 6.69. The molecule has 1 aromatic heterocycles. The van der Waals surface area contributed by atoms with Crippen molar-refractivity contribution in [3.05, 3.63) is 76.5 Å². The first-order chi connectivity index (χ1) is 17.4. The first-order valence-corrected chi connectivity index (χ1v) is 12.2. The number of aromatic nitrogens is 1. The zero-order chi connectivity index (χ0) is 24.9. The number of hydrogen-bond acceptors (Lipinski definition) is 8. The van der Waals surface area contributed by atoms with Gasteiger partial charge >= 0.3 is 0 Å². The van der Waals surface area contributed by atoms with Crippen LogP contribution in [0.25, 0.3) is 10.9 Å². The Kier molecular flexibility index (Phi) is 5.60. The fourth-order valence-corrected chi connectivity index (χ4v) is 4.81. The minimum Gasteiger partial charge on any atom is -0.376 e. The number of hydrogen-bond donors (Lipinski definition) is 4. The number of halogens is 2. The quantitative estimate of drug-likeness (QED) is 0.370. The molecule has 1 saturated heterocycles. The van der Waals surface area contributed by atoms with Crippen LogP contribution in [0.15, 0.2) is 54.5 Å². The Balaban J connectivity index is 1.41. The first kappa shape index (κ1) is 22.9. The average Bonchev–Trinajstić information content (AvgIpc) is 3.59. The lowest BCUT2D eigenvalue weighted by Crippen LogP contribution is -2.53. The summed E-state index contributed by atoms with van der Waals surface area (Å²) in [7, 11) is 0. The van der Waals surface area contributed by atoms with Crippen LogP contribution in [0, 0.1) is 17.1 Å². The number of benzene rings is 2. The van der Waals surface area contributed by atoms with Crippen molar-refractivity contribution in [1.82, 2.24) is 21.0 Å². The molecule has 0 radical (unpaired) electrons. The maximum atomic E-state index is 13.7. The molecule has 6 rings (SSSR count). The lowest BCUT2D eigenvalue weighted by Gasteiger charge is -2.40. The summed E-state index contributed by atoms with van der Waals surface area (Å²) in [5, 5.41) is 20.1. The van der Waals surface area contributed by atoms with Gasteiger partial charge in [-0.05, 0) is 49.6 Å². The minimum absolute atomic E-state index is 0.275. The van der Waals surface area contributed by atoms with E-state index in [2.05, 4.69) is 44.6 Å². The molecule has 2 aliphatic heterocycles. The smallest absolute Gasteiger partial charge is 0.123 e. The van der Waals surface area contributed by atoms with Crippen LogP contribution < -0.4 is 21.6 Å². The van der Waals surface area contributed by atoms with Gasteiger partial charge in [0.25, 0.3) is 0 Å². The molecule has 4 N–H and O–H groups in total. The molecule has 0 bridgehead atoms. The molecule has 1 unspecified atom stereocenters. The first-order valence-electron chi connectivity index (χ1n) is 11.8. The van der Waals surface area contributed by atoms with E-state index in [1.165, 1.54) is 12.1 Å². The molecule has 10 heteroatoms. The molecule has 0 spiro atoms. The van der Waals surface area contributed by atoms with Crippen molar-refractivity contribution in [2.75, 3.05) is 23.8 Å². The van der Waals surface area contributed by atoms with Crippen molar-refractivity contribution < 1.29 is 9.13 Å². The van der Waals surface area contributed by atoms with Gasteiger partial charge in [-0.25, -0.2) is 4.39 Å². The van der Waals surface area contributed by atoms with E-state index in [1.807, 2.05) is 18.3 Å². The van der Waals surface area contributed by atoms with E-state index in [4.69, 9.17) is 16.3 Å². The van der Waals surface area contributed by atoms with Crippen LogP contribution in [0.5, 0.6) is 0 Å². The van der Waals surface area contributed by atoms with Crippen LogP contribution in [0.1, 0.15) is 36.9 Å². The Morgan fingerprint density at radius 2 is 2.06 bits per heavy atom. The molecule has 1 aliphatic carbocycles. The van der Waals surface area contributed by atoms with Gasteiger partial charge < -0.3 is 20.8 Å². The Morgan fingerprint density at radius 3 is 2.72 bits per heavy atom. The van der Waals surface area contributed by atoms with E-state index < -0.39 is 0 Å². The number of rotatable bonds is 7. The molecule has 0 amide bonds. The highest BCUT2D eigenvalue weighted by Gasteiger charge is 2.35. The number of ether oxygens (including phenoxy) is 1. The van der Waals surface area contributed by atoms with Crippen molar-refractivity contribution in [2.45, 2.75) is 37.4 Å². The number of hydrazine groups is 2. The zero-order valence-corrected chi connectivity index (χ0v) is 20.4. The Morgan fingerprint density at radius 1 is 1.28 bits per heavy atom. The summed E-state index contributed by atoms with van der Waals surface area (Å²) < 4.78 is 19.1.